The first-order valence-electron chi connectivity index (χ1n) is 4.78. The summed E-state index contributed by atoms with van der Waals surface area (Å²) in [5.41, 5.74) is -0.835. The molecule has 16 heavy (non-hydrogen) atoms. The van der Waals surface area contributed by atoms with Crippen LogP contribution >= 0.6 is 15.9 Å². The second-order valence-corrected chi connectivity index (χ2v) is 4.71. The molecular formula is C11H10BrFO3. The van der Waals surface area contributed by atoms with E-state index in [4.69, 9.17) is 9.84 Å². The molecule has 2 rings (SSSR count). The number of hydrogen-bond donors (Lipinski definition) is 1. The standard InChI is InChI=1S/C11H10BrFO3/c1-16-9-4-6(8(13)5-7(9)12)11(2-3-11)10(14)15/h4-5H,2-3H2,1H3,(H,14,15). The smallest absolute Gasteiger partial charge is 0.314 e. The molecule has 1 aliphatic carbocycles. The fraction of sp³-hybridized carbons (Fsp3) is 0.364. The van der Waals surface area contributed by atoms with Crippen LogP contribution in [0.3, 0.4) is 0 Å². The lowest BCUT2D eigenvalue weighted by Crippen LogP contribution is -2.21. The zero-order valence-corrected chi connectivity index (χ0v) is 10.2. The van der Waals surface area contributed by atoms with Gasteiger partial charge in [0.05, 0.1) is 17.0 Å². The van der Waals surface area contributed by atoms with Gasteiger partial charge in [-0.25, -0.2) is 4.39 Å². The molecule has 86 valence electrons. The lowest BCUT2D eigenvalue weighted by atomic mass is 9.95. The van der Waals surface area contributed by atoms with Crippen molar-refractivity contribution in [2.75, 3.05) is 7.11 Å². The number of carboxylic acids is 1. The Morgan fingerprint density at radius 1 is 1.56 bits per heavy atom. The van der Waals surface area contributed by atoms with E-state index < -0.39 is 17.2 Å². The van der Waals surface area contributed by atoms with Gasteiger partial charge in [-0.3, -0.25) is 4.79 Å². The van der Waals surface area contributed by atoms with Crippen molar-refractivity contribution in [3.8, 4) is 5.75 Å². The van der Waals surface area contributed by atoms with E-state index in [9.17, 15) is 9.18 Å². The number of carboxylic acid groups (broad SMARTS) is 1. The minimum Gasteiger partial charge on any atom is -0.496 e. The third kappa shape index (κ3) is 1.59. The van der Waals surface area contributed by atoms with Crippen LogP contribution in [0.5, 0.6) is 5.75 Å². The van der Waals surface area contributed by atoms with E-state index in [1.807, 2.05) is 0 Å². The number of aliphatic carboxylic acids is 1. The maximum absolute atomic E-state index is 13.7. The summed E-state index contributed by atoms with van der Waals surface area (Å²) < 4.78 is 19.2. The molecule has 0 aliphatic heterocycles. The number of carbonyl (C=O) groups is 1. The third-order valence-corrected chi connectivity index (χ3v) is 3.54. The van der Waals surface area contributed by atoms with Gasteiger partial charge in [-0.15, -0.1) is 0 Å². The molecule has 1 saturated carbocycles. The van der Waals surface area contributed by atoms with Crippen LogP contribution < -0.4 is 4.74 Å². The number of ether oxygens (including phenoxy) is 1. The van der Waals surface area contributed by atoms with Crippen LogP contribution in [0.1, 0.15) is 18.4 Å². The van der Waals surface area contributed by atoms with E-state index in [0.29, 0.717) is 23.1 Å². The van der Waals surface area contributed by atoms with Gasteiger partial charge in [-0.1, -0.05) is 0 Å². The molecule has 0 heterocycles. The Morgan fingerprint density at radius 3 is 2.62 bits per heavy atom. The van der Waals surface area contributed by atoms with Crippen molar-refractivity contribution >= 4 is 21.9 Å². The number of benzene rings is 1. The van der Waals surface area contributed by atoms with Gasteiger partial charge in [-0.05, 0) is 40.9 Å². The van der Waals surface area contributed by atoms with E-state index in [0.717, 1.165) is 0 Å². The lowest BCUT2D eigenvalue weighted by Gasteiger charge is -2.13. The second-order valence-electron chi connectivity index (χ2n) is 3.85. The van der Waals surface area contributed by atoms with Crippen molar-refractivity contribution in [2.24, 2.45) is 0 Å². The summed E-state index contributed by atoms with van der Waals surface area (Å²) in [4.78, 5) is 11.1. The van der Waals surface area contributed by atoms with E-state index in [2.05, 4.69) is 15.9 Å². The molecule has 1 N–H and O–H groups in total. The van der Waals surface area contributed by atoms with E-state index in [1.54, 1.807) is 0 Å². The van der Waals surface area contributed by atoms with E-state index >= 15 is 0 Å². The van der Waals surface area contributed by atoms with Gasteiger partial charge >= 0.3 is 5.97 Å². The first-order valence-corrected chi connectivity index (χ1v) is 5.57. The zero-order chi connectivity index (χ0) is 11.9. The highest BCUT2D eigenvalue weighted by Gasteiger charge is 2.53. The fourth-order valence-corrected chi connectivity index (χ4v) is 2.25. The number of halogens is 2. The number of hydrogen-bond acceptors (Lipinski definition) is 2. The monoisotopic (exact) mass is 288 g/mol. The Balaban J connectivity index is 2.53. The summed E-state index contributed by atoms with van der Waals surface area (Å²) in [6, 6.07) is 2.71. The first kappa shape index (κ1) is 11.4. The van der Waals surface area contributed by atoms with Gasteiger partial charge < -0.3 is 9.84 Å². The topological polar surface area (TPSA) is 46.5 Å². The highest BCUT2D eigenvalue weighted by molar-refractivity contribution is 9.10. The van der Waals surface area contributed by atoms with Crippen molar-refractivity contribution in [3.63, 3.8) is 0 Å². The highest BCUT2D eigenvalue weighted by atomic mass is 79.9. The van der Waals surface area contributed by atoms with Crippen molar-refractivity contribution in [1.82, 2.24) is 0 Å². The molecule has 1 aromatic carbocycles. The summed E-state index contributed by atoms with van der Waals surface area (Å²) >= 11 is 3.15. The molecule has 1 fully saturated rings. The van der Waals surface area contributed by atoms with Crippen molar-refractivity contribution in [1.29, 1.82) is 0 Å². The molecular weight excluding hydrogens is 279 g/mol. The van der Waals surface area contributed by atoms with Crippen LogP contribution in [0.15, 0.2) is 16.6 Å². The number of rotatable bonds is 3. The molecule has 0 radical (unpaired) electrons. The van der Waals surface area contributed by atoms with Gasteiger partial charge in [0.2, 0.25) is 0 Å². The molecule has 0 bridgehead atoms. The normalized spacial score (nSPS) is 16.9. The zero-order valence-electron chi connectivity index (χ0n) is 8.59. The minimum atomic E-state index is -1.04. The molecule has 5 heteroatoms. The summed E-state index contributed by atoms with van der Waals surface area (Å²) in [5, 5.41) is 9.10. The molecule has 3 nitrogen and oxygen atoms in total. The quantitative estimate of drug-likeness (QED) is 0.930. The maximum atomic E-state index is 13.7. The molecule has 0 amide bonds. The van der Waals surface area contributed by atoms with Crippen LogP contribution in [-0.4, -0.2) is 18.2 Å². The molecule has 0 unspecified atom stereocenters. The SMILES string of the molecule is COc1cc(C2(C(=O)O)CC2)c(F)cc1Br. The second kappa shape index (κ2) is 3.73. The molecule has 1 aliphatic rings. The molecule has 0 atom stereocenters. The van der Waals surface area contributed by atoms with Crippen LogP contribution in [-0.2, 0) is 10.2 Å². The van der Waals surface area contributed by atoms with E-state index in [1.165, 1.54) is 19.2 Å². The summed E-state index contributed by atoms with van der Waals surface area (Å²) in [5.74, 6) is -1.03. The van der Waals surface area contributed by atoms with Gasteiger partial charge in [0.25, 0.3) is 0 Å². The third-order valence-electron chi connectivity index (χ3n) is 2.92. The maximum Gasteiger partial charge on any atom is 0.314 e. The molecule has 1 aromatic rings. The fourth-order valence-electron chi connectivity index (χ4n) is 1.78. The van der Waals surface area contributed by atoms with Gasteiger partial charge in [0, 0.05) is 5.56 Å². The van der Waals surface area contributed by atoms with E-state index in [-0.39, 0.29) is 5.56 Å². The Kier molecular flexibility index (Phi) is 2.66. The van der Waals surface area contributed by atoms with Gasteiger partial charge in [-0.2, -0.15) is 0 Å². The average molecular weight is 289 g/mol. The van der Waals surface area contributed by atoms with Crippen molar-refractivity contribution in [3.05, 3.63) is 28.0 Å². The summed E-state index contributed by atoms with van der Waals surface area (Å²) in [7, 11) is 1.46. The molecule has 0 aromatic heterocycles. The highest BCUT2D eigenvalue weighted by Crippen LogP contribution is 2.50. The lowest BCUT2D eigenvalue weighted by molar-refractivity contribution is -0.140. The molecule has 0 spiro atoms. The van der Waals surface area contributed by atoms with Gasteiger partial charge in [0.1, 0.15) is 11.6 Å². The Labute approximate surface area is 100 Å². The predicted molar refractivity (Wildman–Crippen MR) is 59.2 cm³/mol. The largest absolute Gasteiger partial charge is 0.496 e. The van der Waals surface area contributed by atoms with Crippen LogP contribution in [0, 0.1) is 5.82 Å². The summed E-state index contributed by atoms with van der Waals surface area (Å²) in [6.45, 7) is 0. The Hall–Kier alpha value is -1.10. The van der Waals surface area contributed by atoms with Crippen LogP contribution in [0.2, 0.25) is 0 Å². The number of methoxy groups -OCH3 is 1. The van der Waals surface area contributed by atoms with Gasteiger partial charge in [0.15, 0.2) is 0 Å². The summed E-state index contributed by atoms with van der Waals surface area (Å²) in [6.07, 6.45) is 0.952. The Bertz CT molecular complexity index is 455. The predicted octanol–water partition coefficient (Wildman–Crippen LogP) is 2.71. The first-order chi connectivity index (χ1) is 7.51. The molecule has 0 saturated heterocycles. The van der Waals surface area contributed by atoms with Crippen molar-refractivity contribution in [2.45, 2.75) is 18.3 Å². The van der Waals surface area contributed by atoms with Crippen LogP contribution in [0.4, 0.5) is 4.39 Å². The van der Waals surface area contributed by atoms with Crippen LogP contribution in [0.25, 0.3) is 0 Å². The Morgan fingerprint density at radius 2 is 2.19 bits per heavy atom. The van der Waals surface area contributed by atoms with Crippen molar-refractivity contribution < 1.29 is 19.0 Å². The average Bonchev–Trinajstić information content (AvgIpc) is 2.99. The minimum absolute atomic E-state index is 0.208.